The Morgan fingerprint density at radius 2 is 1.83 bits per heavy atom. The number of anilines is 1. The first-order chi connectivity index (χ1) is 11.0. The van der Waals surface area contributed by atoms with Crippen LogP contribution in [-0.2, 0) is 19.3 Å². The quantitative estimate of drug-likeness (QED) is 0.802. The molecule has 2 aliphatic rings. The molecular formula is C15H23BN2O5S. The molecule has 132 valence electrons. The Kier molecular flexibility index (Phi) is 4.09. The van der Waals surface area contributed by atoms with Crippen molar-refractivity contribution in [2.45, 2.75) is 57.8 Å². The number of hydrogen-bond donors (Lipinski definition) is 1. The van der Waals surface area contributed by atoms with Crippen LogP contribution < -0.4 is 14.9 Å². The van der Waals surface area contributed by atoms with E-state index in [2.05, 4.69) is 9.71 Å². The predicted octanol–water partition coefficient (Wildman–Crippen LogP) is 1.29. The SMILES string of the molecule is CC1(C)OB(c2cnc(NS(C)(=O)=O)c(OC3CC3)c2)OC1(C)C. The fraction of sp³-hybridized carbons (Fsp3) is 0.667. The minimum absolute atomic E-state index is 0.112. The van der Waals surface area contributed by atoms with Gasteiger partial charge in [-0.2, -0.15) is 0 Å². The standard InChI is InChI=1S/C15H23BN2O5S/c1-14(2)15(3,4)23-16(22-14)10-8-12(21-11-6-7-11)13(17-9-10)18-24(5,19)20/h8-9,11H,6-7H2,1-5H3,(H,17,18). The summed E-state index contributed by atoms with van der Waals surface area (Å²) in [6, 6.07) is 1.74. The van der Waals surface area contributed by atoms with Gasteiger partial charge in [0.2, 0.25) is 10.0 Å². The molecule has 0 spiro atoms. The number of nitrogens with zero attached hydrogens (tertiary/aromatic N) is 1. The van der Waals surface area contributed by atoms with Crippen molar-refractivity contribution in [1.29, 1.82) is 0 Å². The van der Waals surface area contributed by atoms with Crippen LogP contribution in [0.3, 0.4) is 0 Å². The summed E-state index contributed by atoms with van der Waals surface area (Å²) in [4.78, 5) is 4.21. The molecule has 1 aliphatic heterocycles. The van der Waals surface area contributed by atoms with E-state index < -0.39 is 28.3 Å². The minimum atomic E-state index is -3.44. The molecular weight excluding hydrogens is 331 g/mol. The zero-order valence-electron chi connectivity index (χ0n) is 14.6. The second-order valence-corrected chi connectivity index (χ2v) is 9.14. The number of aromatic nitrogens is 1. The van der Waals surface area contributed by atoms with E-state index in [1.165, 1.54) is 0 Å². The van der Waals surface area contributed by atoms with E-state index in [-0.39, 0.29) is 11.9 Å². The Balaban J connectivity index is 1.90. The van der Waals surface area contributed by atoms with Gasteiger partial charge in [0.25, 0.3) is 0 Å². The molecule has 7 nitrogen and oxygen atoms in total. The maximum atomic E-state index is 11.5. The van der Waals surface area contributed by atoms with Gasteiger partial charge in [-0.15, -0.1) is 0 Å². The number of ether oxygens (including phenoxy) is 1. The largest absolute Gasteiger partial charge is 0.496 e. The number of nitrogens with one attached hydrogen (secondary N) is 1. The van der Waals surface area contributed by atoms with E-state index in [0.29, 0.717) is 11.2 Å². The molecule has 0 radical (unpaired) electrons. The highest BCUT2D eigenvalue weighted by molar-refractivity contribution is 7.92. The summed E-state index contributed by atoms with van der Waals surface area (Å²) >= 11 is 0. The highest BCUT2D eigenvalue weighted by Gasteiger charge is 2.52. The van der Waals surface area contributed by atoms with Crippen LogP contribution in [0.5, 0.6) is 5.75 Å². The molecule has 2 fully saturated rings. The number of sulfonamides is 1. The summed E-state index contributed by atoms with van der Waals surface area (Å²) in [6.45, 7) is 7.90. The van der Waals surface area contributed by atoms with Crippen LogP contribution in [0.15, 0.2) is 12.3 Å². The Bertz CT molecular complexity index is 730. The zero-order chi connectivity index (χ0) is 17.8. The van der Waals surface area contributed by atoms with Crippen molar-refractivity contribution in [2.75, 3.05) is 11.0 Å². The molecule has 1 aliphatic carbocycles. The van der Waals surface area contributed by atoms with Crippen LogP contribution in [-0.4, -0.2) is 44.1 Å². The molecule has 2 heterocycles. The monoisotopic (exact) mass is 354 g/mol. The van der Waals surface area contributed by atoms with Crippen molar-refractivity contribution in [3.05, 3.63) is 12.3 Å². The summed E-state index contributed by atoms with van der Waals surface area (Å²) in [5, 5.41) is 0. The van der Waals surface area contributed by atoms with Crippen molar-refractivity contribution >= 4 is 28.4 Å². The van der Waals surface area contributed by atoms with E-state index in [4.69, 9.17) is 14.0 Å². The maximum Gasteiger partial charge on any atom is 0.496 e. The number of pyridine rings is 1. The molecule has 24 heavy (non-hydrogen) atoms. The Morgan fingerprint density at radius 1 is 1.25 bits per heavy atom. The second-order valence-electron chi connectivity index (χ2n) is 7.40. The molecule has 1 saturated carbocycles. The number of hydrogen-bond acceptors (Lipinski definition) is 6. The van der Waals surface area contributed by atoms with E-state index >= 15 is 0 Å². The molecule has 0 unspecified atom stereocenters. The molecule has 0 atom stereocenters. The molecule has 1 aromatic rings. The van der Waals surface area contributed by atoms with Gasteiger partial charge in [0.15, 0.2) is 11.6 Å². The Morgan fingerprint density at radius 3 is 2.33 bits per heavy atom. The van der Waals surface area contributed by atoms with Gasteiger partial charge in [-0.3, -0.25) is 4.72 Å². The highest BCUT2D eigenvalue weighted by atomic mass is 32.2. The van der Waals surface area contributed by atoms with Crippen LogP contribution in [0.2, 0.25) is 0 Å². The fourth-order valence-electron chi connectivity index (χ4n) is 2.28. The lowest BCUT2D eigenvalue weighted by Crippen LogP contribution is -2.41. The Hall–Kier alpha value is -1.32. The molecule has 9 heteroatoms. The fourth-order valence-corrected chi connectivity index (χ4v) is 2.78. The molecule has 1 saturated heterocycles. The number of rotatable bonds is 5. The first-order valence-corrected chi connectivity index (χ1v) is 9.86. The van der Waals surface area contributed by atoms with Crippen molar-refractivity contribution in [3.8, 4) is 5.75 Å². The molecule has 1 N–H and O–H groups in total. The molecule has 0 amide bonds. The van der Waals surface area contributed by atoms with E-state index in [9.17, 15) is 8.42 Å². The lowest BCUT2D eigenvalue weighted by atomic mass is 9.80. The lowest BCUT2D eigenvalue weighted by molar-refractivity contribution is 0.00578. The van der Waals surface area contributed by atoms with Gasteiger partial charge in [0.1, 0.15) is 0 Å². The zero-order valence-corrected chi connectivity index (χ0v) is 15.4. The molecule has 0 aromatic carbocycles. The first-order valence-electron chi connectivity index (χ1n) is 7.97. The van der Waals surface area contributed by atoms with E-state index in [0.717, 1.165) is 19.1 Å². The van der Waals surface area contributed by atoms with Crippen molar-refractivity contribution in [2.24, 2.45) is 0 Å². The molecule has 1 aromatic heterocycles. The normalized spacial score (nSPS) is 22.5. The summed E-state index contributed by atoms with van der Waals surface area (Å²) < 4.78 is 43.2. The van der Waals surface area contributed by atoms with E-state index in [1.54, 1.807) is 12.3 Å². The third-order valence-corrected chi connectivity index (χ3v) is 5.06. The van der Waals surface area contributed by atoms with Gasteiger partial charge in [0, 0.05) is 11.7 Å². The van der Waals surface area contributed by atoms with Gasteiger partial charge >= 0.3 is 7.12 Å². The predicted molar refractivity (Wildman–Crippen MR) is 92.1 cm³/mol. The average molecular weight is 354 g/mol. The van der Waals surface area contributed by atoms with Crippen molar-refractivity contribution < 1.29 is 22.5 Å². The van der Waals surface area contributed by atoms with Crippen LogP contribution >= 0.6 is 0 Å². The van der Waals surface area contributed by atoms with Crippen LogP contribution in [0.1, 0.15) is 40.5 Å². The molecule has 0 bridgehead atoms. The average Bonchev–Trinajstić information content (AvgIpc) is 3.18. The van der Waals surface area contributed by atoms with Crippen LogP contribution in [0.4, 0.5) is 5.82 Å². The lowest BCUT2D eigenvalue weighted by Gasteiger charge is -2.32. The summed E-state index contributed by atoms with van der Waals surface area (Å²) in [6.07, 6.45) is 4.66. The summed E-state index contributed by atoms with van der Waals surface area (Å²) in [5.74, 6) is 0.583. The molecule has 3 rings (SSSR count). The van der Waals surface area contributed by atoms with Crippen LogP contribution in [0, 0.1) is 0 Å². The first kappa shape index (κ1) is 17.5. The minimum Gasteiger partial charge on any atom is -0.487 e. The van der Waals surface area contributed by atoms with Gasteiger partial charge in [0.05, 0.1) is 23.6 Å². The third-order valence-electron chi connectivity index (χ3n) is 4.50. The summed E-state index contributed by atoms with van der Waals surface area (Å²) in [7, 11) is -4.01. The second kappa shape index (κ2) is 5.61. The summed E-state index contributed by atoms with van der Waals surface area (Å²) in [5.41, 5.74) is -0.221. The Labute approximate surface area is 143 Å². The van der Waals surface area contributed by atoms with Crippen molar-refractivity contribution in [3.63, 3.8) is 0 Å². The smallest absolute Gasteiger partial charge is 0.487 e. The van der Waals surface area contributed by atoms with Gasteiger partial charge in [-0.05, 0) is 46.6 Å². The van der Waals surface area contributed by atoms with Gasteiger partial charge < -0.3 is 14.0 Å². The van der Waals surface area contributed by atoms with Crippen molar-refractivity contribution in [1.82, 2.24) is 4.98 Å². The topological polar surface area (TPSA) is 86.8 Å². The third kappa shape index (κ3) is 3.68. The highest BCUT2D eigenvalue weighted by Crippen LogP contribution is 2.37. The van der Waals surface area contributed by atoms with Gasteiger partial charge in [-0.25, -0.2) is 13.4 Å². The van der Waals surface area contributed by atoms with Gasteiger partial charge in [-0.1, -0.05) is 0 Å². The van der Waals surface area contributed by atoms with E-state index in [1.807, 2.05) is 27.7 Å². The maximum absolute atomic E-state index is 11.5. The van der Waals surface area contributed by atoms with Crippen LogP contribution in [0.25, 0.3) is 0 Å².